The van der Waals surface area contributed by atoms with Gasteiger partial charge < -0.3 is 15.5 Å². The maximum absolute atomic E-state index is 12.0. The Morgan fingerprint density at radius 2 is 1.83 bits per heavy atom. The number of nitrogens with one attached hydrogen (secondary N) is 1. The predicted molar refractivity (Wildman–Crippen MR) is 87.9 cm³/mol. The van der Waals surface area contributed by atoms with E-state index in [-0.39, 0.29) is 23.5 Å². The second-order valence-electron chi connectivity index (χ2n) is 6.86. The number of aliphatic hydroxyl groups is 2. The van der Waals surface area contributed by atoms with E-state index in [1.165, 1.54) is 5.56 Å². The summed E-state index contributed by atoms with van der Waals surface area (Å²) in [6.45, 7) is 2.58. The smallest absolute Gasteiger partial charge is 0.234 e. The summed E-state index contributed by atoms with van der Waals surface area (Å²) < 4.78 is 0. The fourth-order valence-electron chi connectivity index (χ4n) is 3.79. The number of nitrogens with zero attached hydrogens (tertiary/aromatic N) is 1. The zero-order valence-electron chi connectivity index (χ0n) is 13.4. The van der Waals surface area contributed by atoms with Gasteiger partial charge in [-0.25, -0.2) is 0 Å². The first-order valence-corrected chi connectivity index (χ1v) is 8.49. The van der Waals surface area contributed by atoms with Crippen LogP contribution in [0.1, 0.15) is 24.8 Å². The van der Waals surface area contributed by atoms with Gasteiger partial charge in [-0.15, -0.1) is 0 Å². The number of aliphatic hydroxyl groups excluding tert-OH is 2. The molecule has 0 bridgehead atoms. The normalized spacial score (nSPS) is 26.7. The zero-order chi connectivity index (χ0) is 16.3. The van der Waals surface area contributed by atoms with Crippen LogP contribution in [-0.4, -0.2) is 59.4 Å². The van der Waals surface area contributed by atoms with Crippen molar-refractivity contribution in [1.29, 1.82) is 0 Å². The van der Waals surface area contributed by atoms with E-state index in [1.807, 2.05) is 18.2 Å². The first kappa shape index (κ1) is 16.4. The fourth-order valence-corrected chi connectivity index (χ4v) is 3.79. The third kappa shape index (κ3) is 3.57. The first-order valence-electron chi connectivity index (χ1n) is 8.49. The molecule has 5 nitrogen and oxygen atoms in total. The van der Waals surface area contributed by atoms with Crippen molar-refractivity contribution in [2.45, 2.75) is 37.9 Å². The Kier molecular flexibility index (Phi) is 4.99. The monoisotopic (exact) mass is 318 g/mol. The average molecular weight is 318 g/mol. The van der Waals surface area contributed by atoms with Crippen LogP contribution in [0.4, 0.5) is 0 Å². The topological polar surface area (TPSA) is 72.8 Å². The number of carbonyl (C=O) groups is 1. The van der Waals surface area contributed by atoms with E-state index in [1.54, 1.807) is 0 Å². The molecule has 0 unspecified atom stereocenters. The number of benzene rings is 1. The summed E-state index contributed by atoms with van der Waals surface area (Å²) >= 11 is 0. The molecule has 126 valence electrons. The molecule has 1 saturated heterocycles. The standard InChI is InChI=1S/C18H26N2O3/c21-15-12-16(22)18(15)7-10-20(11-8-18)13-17(23)19-9-6-14-4-2-1-3-5-14/h1-5,15-16,21-22H,6-13H2,(H,19,23)/t15-,16+. The third-order valence-corrected chi connectivity index (χ3v) is 5.51. The highest BCUT2D eigenvalue weighted by Crippen LogP contribution is 2.49. The number of amides is 1. The van der Waals surface area contributed by atoms with Gasteiger partial charge in [0.2, 0.25) is 5.91 Å². The van der Waals surface area contributed by atoms with Gasteiger partial charge in [0.25, 0.3) is 0 Å². The lowest BCUT2D eigenvalue weighted by molar-refractivity contribution is -0.189. The van der Waals surface area contributed by atoms with E-state index in [2.05, 4.69) is 22.3 Å². The minimum absolute atomic E-state index is 0.0478. The summed E-state index contributed by atoms with van der Waals surface area (Å²) in [4.78, 5) is 14.1. The molecule has 2 aliphatic rings. The second-order valence-corrected chi connectivity index (χ2v) is 6.86. The van der Waals surface area contributed by atoms with Crippen LogP contribution in [0.25, 0.3) is 0 Å². The summed E-state index contributed by atoms with van der Waals surface area (Å²) in [6.07, 6.45) is 2.13. The van der Waals surface area contributed by atoms with E-state index < -0.39 is 0 Å². The van der Waals surface area contributed by atoms with Gasteiger partial charge >= 0.3 is 0 Å². The van der Waals surface area contributed by atoms with Gasteiger partial charge in [-0.05, 0) is 37.9 Å². The Labute approximate surface area is 137 Å². The average Bonchev–Trinajstić information content (AvgIpc) is 2.57. The molecule has 23 heavy (non-hydrogen) atoms. The van der Waals surface area contributed by atoms with Crippen LogP contribution in [-0.2, 0) is 11.2 Å². The van der Waals surface area contributed by atoms with E-state index in [4.69, 9.17) is 0 Å². The number of hydrogen-bond donors (Lipinski definition) is 3. The lowest BCUT2D eigenvalue weighted by Crippen LogP contribution is -2.61. The summed E-state index contributed by atoms with van der Waals surface area (Å²) in [7, 11) is 0. The van der Waals surface area contributed by atoms with E-state index in [0.29, 0.717) is 19.5 Å². The van der Waals surface area contributed by atoms with Crippen LogP contribution >= 0.6 is 0 Å². The molecule has 3 N–H and O–H groups in total. The number of hydrogen-bond acceptors (Lipinski definition) is 4. The Morgan fingerprint density at radius 1 is 1.17 bits per heavy atom. The first-order chi connectivity index (χ1) is 11.1. The Morgan fingerprint density at radius 3 is 2.43 bits per heavy atom. The molecule has 1 spiro atoms. The molecule has 1 aromatic rings. The SMILES string of the molecule is O=C(CN1CCC2(CC1)[C@H](O)C[C@@H]2O)NCCc1ccccc1. The molecule has 1 saturated carbocycles. The lowest BCUT2D eigenvalue weighted by Gasteiger charge is -2.54. The number of likely N-dealkylation sites (tertiary alicyclic amines) is 1. The van der Waals surface area contributed by atoms with Crippen LogP contribution in [0.2, 0.25) is 0 Å². The molecule has 2 atom stereocenters. The van der Waals surface area contributed by atoms with Crippen molar-refractivity contribution in [1.82, 2.24) is 10.2 Å². The molecule has 0 radical (unpaired) electrons. The summed E-state index contributed by atoms with van der Waals surface area (Å²) in [5.74, 6) is 0.0478. The largest absolute Gasteiger partial charge is 0.392 e. The molecule has 5 heteroatoms. The molecule has 1 amide bonds. The molecule has 1 aromatic carbocycles. The Bertz CT molecular complexity index is 516. The zero-order valence-corrected chi connectivity index (χ0v) is 13.4. The summed E-state index contributed by atoms with van der Waals surface area (Å²) in [6, 6.07) is 10.1. The molecule has 1 aliphatic heterocycles. The second kappa shape index (κ2) is 6.99. The van der Waals surface area contributed by atoms with Crippen LogP contribution in [0.5, 0.6) is 0 Å². The van der Waals surface area contributed by atoms with Crippen LogP contribution in [0.15, 0.2) is 30.3 Å². The molecular weight excluding hydrogens is 292 g/mol. The molecule has 3 rings (SSSR count). The molecule has 0 aromatic heterocycles. The summed E-state index contributed by atoms with van der Waals surface area (Å²) in [5.41, 5.74) is 0.918. The molecule has 2 fully saturated rings. The predicted octanol–water partition coefficient (Wildman–Crippen LogP) is 0.553. The van der Waals surface area contributed by atoms with E-state index >= 15 is 0 Å². The minimum atomic E-state index is -0.376. The van der Waals surface area contributed by atoms with Crippen molar-refractivity contribution < 1.29 is 15.0 Å². The van der Waals surface area contributed by atoms with Gasteiger partial charge in [0.05, 0.1) is 18.8 Å². The highest BCUT2D eigenvalue weighted by molar-refractivity contribution is 5.78. The van der Waals surface area contributed by atoms with Crippen molar-refractivity contribution in [3.8, 4) is 0 Å². The summed E-state index contributed by atoms with van der Waals surface area (Å²) in [5, 5.41) is 22.8. The van der Waals surface area contributed by atoms with Crippen molar-refractivity contribution >= 4 is 5.91 Å². The van der Waals surface area contributed by atoms with Gasteiger partial charge in [-0.2, -0.15) is 0 Å². The van der Waals surface area contributed by atoms with Crippen LogP contribution in [0.3, 0.4) is 0 Å². The van der Waals surface area contributed by atoms with Gasteiger partial charge in [0.1, 0.15) is 0 Å². The number of carbonyl (C=O) groups excluding carboxylic acids is 1. The quantitative estimate of drug-likeness (QED) is 0.741. The van der Waals surface area contributed by atoms with Gasteiger partial charge in [-0.1, -0.05) is 30.3 Å². The van der Waals surface area contributed by atoms with Crippen molar-refractivity contribution in [2.75, 3.05) is 26.2 Å². The van der Waals surface area contributed by atoms with Gasteiger partial charge in [0, 0.05) is 18.4 Å². The van der Waals surface area contributed by atoms with E-state index in [9.17, 15) is 15.0 Å². The fraction of sp³-hybridized carbons (Fsp3) is 0.611. The maximum Gasteiger partial charge on any atom is 0.234 e. The molecule has 1 heterocycles. The Balaban J connectivity index is 1.36. The maximum atomic E-state index is 12.0. The lowest BCUT2D eigenvalue weighted by atomic mass is 9.58. The van der Waals surface area contributed by atoms with Crippen molar-refractivity contribution in [2.24, 2.45) is 5.41 Å². The van der Waals surface area contributed by atoms with Crippen molar-refractivity contribution in [3.05, 3.63) is 35.9 Å². The molecular formula is C18H26N2O3. The Hall–Kier alpha value is -1.43. The van der Waals surface area contributed by atoms with E-state index in [0.717, 1.165) is 32.4 Å². The van der Waals surface area contributed by atoms with Gasteiger partial charge in [-0.3, -0.25) is 9.69 Å². The number of piperidine rings is 1. The third-order valence-electron chi connectivity index (χ3n) is 5.51. The molecule has 1 aliphatic carbocycles. The number of rotatable bonds is 5. The minimum Gasteiger partial charge on any atom is -0.392 e. The highest BCUT2D eigenvalue weighted by Gasteiger charge is 2.54. The highest BCUT2D eigenvalue weighted by atomic mass is 16.3. The van der Waals surface area contributed by atoms with Gasteiger partial charge in [0.15, 0.2) is 0 Å². The van der Waals surface area contributed by atoms with Crippen LogP contribution in [0, 0.1) is 5.41 Å². The van der Waals surface area contributed by atoms with Crippen LogP contribution < -0.4 is 5.32 Å². The van der Waals surface area contributed by atoms with Crippen molar-refractivity contribution in [3.63, 3.8) is 0 Å².